The van der Waals surface area contributed by atoms with E-state index in [0.717, 1.165) is 19.5 Å². The standard InChI is InChI=1S/C21H36N4O3S/c1-5-23(6-2)19(16-18(3)4)17-22-21(26)24-12-14-25(15-13-24)29(27,28)20-10-8-7-9-11-20/h7-11,18-19H,5-6,12-17H2,1-4H3,(H,22,26). The van der Waals surface area contributed by atoms with E-state index in [-0.39, 0.29) is 6.03 Å². The molecule has 1 saturated heterocycles. The van der Waals surface area contributed by atoms with Crippen LogP contribution in [0.1, 0.15) is 34.1 Å². The van der Waals surface area contributed by atoms with E-state index in [0.29, 0.717) is 49.6 Å². The molecular formula is C21H36N4O3S. The summed E-state index contributed by atoms with van der Waals surface area (Å²) in [7, 11) is -3.50. The molecule has 1 fully saturated rings. The maximum atomic E-state index is 12.7. The van der Waals surface area contributed by atoms with Gasteiger partial charge >= 0.3 is 6.03 Å². The average molecular weight is 425 g/mol. The van der Waals surface area contributed by atoms with Gasteiger partial charge in [0.1, 0.15) is 0 Å². The molecule has 8 heteroatoms. The zero-order valence-corrected chi connectivity index (χ0v) is 19.0. The fraction of sp³-hybridized carbons (Fsp3) is 0.667. The van der Waals surface area contributed by atoms with Crippen LogP contribution in [0.25, 0.3) is 0 Å². The van der Waals surface area contributed by atoms with Crippen molar-refractivity contribution in [3.8, 4) is 0 Å². The molecule has 0 saturated carbocycles. The lowest BCUT2D eigenvalue weighted by molar-refractivity contribution is 0.158. The molecule has 0 radical (unpaired) electrons. The van der Waals surface area contributed by atoms with E-state index in [4.69, 9.17) is 0 Å². The molecule has 1 aliphatic rings. The van der Waals surface area contributed by atoms with Gasteiger partial charge in [-0.1, -0.05) is 45.9 Å². The highest BCUT2D eigenvalue weighted by atomic mass is 32.2. The number of nitrogens with one attached hydrogen (secondary N) is 1. The number of carbonyl (C=O) groups is 1. The van der Waals surface area contributed by atoms with Gasteiger partial charge in [-0.15, -0.1) is 0 Å². The number of piperazine rings is 1. The predicted octanol–water partition coefficient (Wildman–Crippen LogP) is 2.46. The fourth-order valence-electron chi connectivity index (χ4n) is 3.84. The molecule has 1 unspecified atom stereocenters. The van der Waals surface area contributed by atoms with Crippen molar-refractivity contribution in [3.63, 3.8) is 0 Å². The van der Waals surface area contributed by atoms with Crippen molar-refractivity contribution in [2.24, 2.45) is 5.92 Å². The molecule has 1 aromatic carbocycles. The number of benzene rings is 1. The number of sulfonamides is 1. The Hall–Kier alpha value is -1.64. The van der Waals surface area contributed by atoms with Gasteiger partial charge in [0.15, 0.2) is 0 Å². The third kappa shape index (κ3) is 6.42. The summed E-state index contributed by atoms with van der Waals surface area (Å²) in [6.45, 7) is 12.6. The van der Waals surface area contributed by atoms with Crippen molar-refractivity contribution in [2.75, 3.05) is 45.8 Å². The second-order valence-corrected chi connectivity index (χ2v) is 9.83. The summed E-state index contributed by atoms with van der Waals surface area (Å²) in [5.74, 6) is 0.559. The summed E-state index contributed by atoms with van der Waals surface area (Å²) in [5, 5.41) is 3.07. The molecule has 2 amide bonds. The van der Waals surface area contributed by atoms with Crippen molar-refractivity contribution in [1.82, 2.24) is 19.4 Å². The van der Waals surface area contributed by atoms with Crippen molar-refractivity contribution >= 4 is 16.1 Å². The molecule has 0 spiro atoms. The highest BCUT2D eigenvalue weighted by Crippen LogP contribution is 2.17. The Labute approximate surface area is 176 Å². The zero-order valence-electron chi connectivity index (χ0n) is 18.2. The van der Waals surface area contributed by atoms with Crippen LogP contribution in [0.5, 0.6) is 0 Å². The zero-order chi connectivity index (χ0) is 21.4. The van der Waals surface area contributed by atoms with Crippen LogP contribution in [0.2, 0.25) is 0 Å². The van der Waals surface area contributed by atoms with Gasteiger partial charge in [-0.25, -0.2) is 13.2 Å². The van der Waals surface area contributed by atoms with Gasteiger partial charge in [-0.05, 0) is 37.6 Å². The largest absolute Gasteiger partial charge is 0.336 e. The number of urea groups is 1. The third-order valence-electron chi connectivity index (χ3n) is 5.47. The van der Waals surface area contributed by atoms with Crippen LogP contribution in [0.15, 0.2) is 35.2 Å². The summed E-state index contributed by atoms with van der Waals surface area (Å²) in [4.78, 5) is 17.0. The lowest BCUT2D eigenvalue weighted by Gasteiger charge is -2.35. The number of hydrogen-bond acceptors (Lipinski definition) is 4. The number of carbonyl (C=O) groups excluding carboxylic acids is 1. The summed E-state index contributed by atoms with van der Waals surface area (Å²) >= 11 is 0. The lowest BCUT2D eigenvalue weighted by Crippen LogP contribution is -2.54. The smallest absolute Gasteiger partial charge is 0.317 e. The molecule has 1 aromatic rings. The molecule has 2 rings (SSSR count). The Morgan fingerprint density at radius 3 is 2.17 bits per heavy atom. The quantitative estimate of drug-likeness (QED) is 0.661. The normalized spacial score (nSPS) is 17.0. The Bertz CT molecular complexity index is 728. The van der Waals surface area contributed by atoms with E-state index in [1.54, 1.807) is 35.2 Å². The minimum atomic E-state index is -3.50. The first-order valence-electron chi connectivity index (χ1n) is 10.6. The van der Waals surface area contributed by atoms with Gasteiger partial charge in [0.25, 0.3) is 0 Å². The van der Waals surface area contributed by atoms with Crippen LogP contribution in [-0.2, 0) is 10.0 Å². The number of hydrogen-bond donors (Lipinski definition) is 1. The van der Waals surface area contributed by atoms with Crippen molar-refractivity contribution in [1.29, 1.82) is 0 Å². The Morgan fingerprint density at radius 1 is 1.07 bits per heavy atom. The molecule has 1 aliphatic heterocycles. The molecule has 1 atom stereocenters. The highest BCUT2D eigenvalue weighted by molar-refractivity contribution is 7.89. The fourth-order valence-corrected chi connectivity index (χ4v) is 5.28. The first-order chi connectivity index (χ1) is 13.8. The number of rotatable bonds is 9. The summed E-state index contributed by atoms with van der Waals surface area (Å²) in [6, 6.07) is 8.66. The second-order valence-electron chi connectivity index (χ2n) is 7.89. The Kier molecular flexibility index (Phi) is 8.92. The van der Waals surface area contributed by atoms with Crippen molar-refractivity contribution in [3.05, 3.63) is 30.3 Å². The van der Waals surface area contributed by atoms with E-state index < -0.39 is 10.0 Å². The maximum absolute atomic E-state index is 12.7. The van der Waals surface area contributed by atoms with Gasteiger partial charge in [-0.2, -0.15) is 4.31 Å². The van der Waals surface area contributed by atoms with Crippen molar-refractivity contribution in [2.45, 2.75) is 45.1 Å². The molecule has 7 nitrogen and oxygen atoms in total. The van der Waals surface area contributed by atoms with Crippen LogP contribution in [0, 0.1) is 5.92 Å². The third-order valence-corrected chi connectivity index (χ3v) is 7.38. The summed E-state index contributed by atoms with van der Waals surface area (Å²) < 4.78 is 26.9. The Balaban J connectivity index is 1.89. The molecule has 0 aromatic heterocycles. The second kappa shape index (κ2) is 10.9. The van der Waals surface area contributed by atoms with Gasteiger partial charge in [0, 0.05) is 38.8 Å². The van der Waals surface area contributed by atoms with E-state index >= 15 is 0 Å². The molecule has 29 heavy (non-hydrogen) atoms. The predicted molar refractivity (Wildman–Crippen MR) is 116 cm³/mol. The lowest BCUT2D eigenvalue weighted by atomic mass is 10.0. The summed E-state index contributed by atoms with van der Waals surface area (Å²) in [5.41, 5.74) is 0. The molecule has 0 aliphatic carbocycles. The molecule has 0 bridgehead atoms. The Morgan fingerprint density at radius 2 is 1.66 bits per heavy atom. The van der Waals surface area contributed by atoms with E-state index in [2.05, 4.69) is 37.9 Å². The van der Waals surface area contributed by atoms with Crippen LogP contribution < -0.4 is 5.32 Å². The molecule has 164 valence electrons. The minimum absolute atomic E-state index is 0.109. The molecule has 1 heterocycles. The van der Waals surface area contributed by atoms with Crippen LogP contribution >= 0.6 is 0 Å². The van der Waals surface area contributed by atoms with Gasteiger partial charge in [0.2, 0.25) is 10.0 Å². The first-order valence-corrected chi connectivity index (χ1v) is 12.1. The number of likely N-dealkylation sites (N-methyl/N-ethyl adjacent to an activating group) is 1. The van der Waals surface area contributed by atoms with Gasteiger partial charge in [-0.3, -0.25) is 4.90 Å². The topological polar surface area (TPSA) is 73.0 Å². The van der Waals surface area contributed by atoms with E-state index in [9.17, 15) is 13.2 Å². The highest BCUT2D eigenvalue weighted by Gasteiger charge is 2.30. The van der Waals surface area contributed by atoms with E-state index in [1.807, 2.05) is 0 Å². The SMILES string of the molecule is CCN(CC)C(CNC(=O)N1CCN(S(=O)(=O)c2ccccc2)CC1)CC(C)C. The van der Waals surface area contributed by atoms with Crippen LogP contribution in [0.3, 0.4) is 0 Å². The summed E-state index contributed by atoms with van der Waals surface area (Å²) in [6.07, 6.45) is 1.03. The monoisotopic (exact) mass is 424 g/mol. The number of amides is 2. The van der Waals surface area contributed by atoms with Crippen molar-refractivity contribution < 1.29 is 13.2 Å². The van der Waals surface area contributed by atoms with E-state index in [1.165, 1.54) is 4.31 Å². The van der Waals surface area contributed by atoms with Gasteiger partial charge < -0.3 is 10.2 Å². The van der Waals surface area contributed by atoms with Crippen LogP contribution in [0.4, 0.5) is 4.79 Å². The average Bonchev–Trinajstić information content (AvgIpc) is 2.73. The minimum Gasteiger partial charge on any atom is -0.336 e. The van der Waals surface area contributed by atoms with Crippen LogP contribution in [-0.4, -0.2) is 80.4 Å². The maximum Gasteiger partial charge on any atom is 0.317 e. The van der Waals surface area contributed by atoms with Gasteiger partial charge in [0.05, 0.1) is 4.90 Å². The molecular weight excluding hydrogens is 388 g/mol. The first kappa shape index (κ1) is 23.6. The number of nitrogens with zero attached hydrogens (tertiary/aromatic N) is 3. The molecule has 1 N–H and O–H groups in total.